The molecule has 1 aliphatic heterocycles. The van der Waals surface area contributed by atoms with Crippen LogP contribution in [0.2, 0.25) is 0 Å². The van der Waals surface area contributed by atoms with Gasteiger partial charge in [-0.05, 0) is 49.3 Å². The van der Waals surface area contributed by atoms with Crippen LogP contribution in [0, 0.1) is 0 Å². The van der Waals surface area contributed by atoms with Gasteiger partial charge in [-0.1, -0.05) is 0 Å². The van der Waals surface area contributed by atoms with Crippen LogP contribution in [-0.2, 0) is 24.0 Å². The van der Waals surface area contributed by atoms with E-state index in [2.05, 4.69) is 9.67 Å². The standard InChI is InChI=1S/C18H21N3O3/c22-18(23)14-5-7-19-10-12(14)9-16-15-3-1-2-4-17(15)21(20-16)13-6-8-24-11-13/h5,7,10,13H,1-4,6,8-9,11H2,(H,22,23). The summed E-state index contributed by atoms with van der Waals surface area (Å²) in [5, 5.41) is 14.3. The maximum atomic E-state index is 11.4. The summed E-state index contributed by atoms with van der Waals surface area (Å²) in [7, 11) is 0. The van der Waals surface area contributed by atoms with Crippen LogP contribution in [0.5, 0.6) is 0 Å². The average molecular weight is 327 g/mol. The van der Waals surface area contributed by atoms with Gasteiger partial charge in [0.25, 0.3) is 0 Å². The fourth-order valence-corrected chi connectivity index (χ4v) is 3.82. The molecule has 6 heteroatoms. The predicted molar refractivity (Wildman–Crippen MR) is 87.3 cm³/mol. The quantitative estimate of drug-likeness (QED) is 0.933. The minimum atomic E-state index is -0.912. The first kappa shape index (κ1) is 15.3. The van der Waals surface area contributed by atoms with Crippen molar-refractivity contribution in [3.63, 3.8) is 0 Å². The van der Waals surface area contributed by atoms with Gasteiger partial charge in [0.15, 0.2) is 0 Å². The Balaban J connectivity index is 1.72. The molecule has 1 aliphatic carbocycles. The second kappa shape index (κ2) is 6.36. The van der Waals surface area contributed by atoms with Crippen molar-refractivity contribution in [3.05, 3.63) is 46.5 Å². The van der Waals surface area contributed by atoms with E-state index in [0.717, 1.165) is 43.7 Å². The first-order chi connectivity index (χ1) is 11.7. The maximum absolute atomic E-state index is 11.4. The molecule has 2 aromatic heterocycles. The number of carbonyl (C=O) groups is 1. The average Bonchev–Trinajstić information content (AvgIpc) is 3.23. The highest BCUT2D eigenvalue weighted by molar-refractivity contribution is 5.89. The molecule has 1 atom stereocenters. The summed E-state index contributed by atoms with van der Waals surface area (Å²) in [6.07, 6.45) is 9.15. The van der Waals surface area contributed by atoms with Crippen LogP contribution < -0.4 is 0 Å². The van der Waals surface area contributed by atoms with Crippen LogP contribution in [0.3, 0.4) is 0 Å². The number of carboxylic acids is 1. The van der Waals surface area contributed by atoms with Gasteiger partial charge in [-0.3, -0.25) is 9.67 Å². The summed E-state index contributed by atoms with van der Waals surface area (Å²) >= 11 is 0. The molecule has 0 bridgehead atoms. The van der Waals surface area contributed by atoms with Gasteiger partial charge in [0, 0.05) is 31.1 Å². The molecule has 0 amide bonds. The number of aromatic carboxylic acids is 1. The minimum absolute atomic E-state index is 0.313. The largest absolute Gasteiger partial charge is 0.478 e. The molecule has 0 saturated carbocycles. The summed E-state index contributed by atoms with van der Waals surface area (Å²) in [4.78, 5) is 15.5. The van der Waals surface area contributed by atoms with Gasteiger partial charge in [0.1, 0.15) is 0 Å². The van der Waals surface area contributed by atoms with Gasteiger partial charge >= 0.3 is 5.97 Å². The van der Waals surface area contributed by atoms with E-state index in [0.29, 0.717) is 18.0 Å². The Morgan fingerprint density at radius 2 is 2.25 bits per heavy atom. The van der Waals surface area contributed by atoms with Crippen molar-refractivity contribution >= 4 is 5.97 Å². The molecule has 1 N–H and O–H groups in total. The molecule has 6 nitrogen and oxygen atoms in total. The van der Waals surface area contributed by atoms with E-state index in [-0.39, 0.29) is 0 Å². The maximum Gasteiger partial charge on any atom is 0.336 e. The highest BCUT2D eigenvalue weighted by Crippen LogP contribution is 2.31. The van der Waals surface area contributed by atoms with Crippen molar-refractivity contribution in [1.29, 1.82) is 0 Å². The highest BCUT2D eigenvalue weighted by Gasteiger charge is 2.27. The van der Waals surface area contributed by atoms with Gasteiger partial charge in [-0.25, -0.2) is 4.79 Å². The third-order valence-corrected chi connectivity index (χ3v) is 5.04. The molecule has 1 saturated heterocycles. The Morgan fingerprint density at radius 3 is 3.04 bits per heavy atom. The topological polar surface area (TPSA) is 77.2 Å². The molecular weight excluding hydrogens is 306 g/mol. The van der Waals surface area contributed by atoms with Crippen molar-refractivity contribution in [2.45, 2.75) is 44.6 Å². The van der Waals surface area contributed by atoms with E-state index in [4.69, 9.17) is 9.84 Å². The van der Waals surface area contributed by atoms with Gasteiger partial charge < -0.3 is 9.84 Å². The third-order valence-electron chi connectivity index (χ3n) is 5.04. The summed E-state index contributed by atoms with van der Waals surface area (Å²) in [5.41, 5.74) is 4.69. The lowest BCUT2D eigenvalue weighted by atomic mass is 9.93. The summed E-state index contributed by atoms with van der Waals surface area (Å²) < 4.78 is 7.69. The number of ether oxygens (including phenoxy) is 1. The van der Waals surface area contributed by atoms with E-state index in [1.54, 1.807) is 12.3 Å². The van der Waals surface area contributed by atoms with Crippen molar-refractivity contribution in [1.82, 2.24) is 14.8 Å². The molecule has 24 heavy (non-hydrogen) atoms. The lowest BCUT2D eigenvalue weighted by Gasteiger charge is -2.17. The smallest absolute Gasteiger partial charge is 0.336 e. The van der Waals surface area contributed by atoms with Crippen molar-refractivity contribution in [2.24, 2.45) is 0 Å². The number of carboxylic acid groups (broad SMARTS) is 1. The van der Waals surface area contributed by atoms with Crippen LogP contribution in [0.1, 0.15) is 58.2 Å². The van der Waals surface area contributed by atoms with Gasteiger partial charge in [-0.2, -0.15) is 5.10 Å². The molecule has 0 aromatic carbocycles. The molecule has 1 fully saturated rings. The normalized spacial score (nSPS) is 20.1. The lowest BCUT2D eigenvalue weighted by Crippen LogP contribution is -2.15. The molecule has 4 rings (SSSR count). The van der Waals surface area contributed by atoms with E-state index >= 15 is 0 Å². The summed E-state index contributed by atoms with van der Waals surface area (Å²) in [6.45, 7) is 1.52. The predicted octanol–water partition coefficient (Wildman–Crippen LogP) is 2.41. The molecule has 0 spiro atoms. The first-order valence-corrected chi connectivity index (χ1v) is 8.57. The van der Waals surface area contributed by atoms with Gasteiger partial charge in [-0.15, -0.1) is 0 Å². The molecule has 2 aromatic rings. The Labute approximate surface area is 140 Å². The number of fused-ring (bicyclic) bond motifs is 1. The van der Waals surface area contributed by atoms with Gasteiger partial charge in [0.2, 0.25) is 0 Å². The van der Waals surface area contributed by atoms with Gasteiger partial charge in [0.05, 0.1) is 23.9 Å². The minimum Gasteiger partial charge on any atom is -0.478 e. The number of aromatic nitrogens is 3. The Morgan fingerprint density at radius 1 is 1.38 bits per heavy atom. The zero-order valence-electron chi connectivity index (χ0n) is 13.6. The van der Waals surface area contributed by atoms with E-state index in [1.807, 2.05) is 0 Å². The monoisotopic (exact) mass is 327 g/mol. The second-order valence-corrected chi connectivity index (χ2v) is 6.56. The molecule has 3 heterocycles. The second-order valence-electron chi connectivity index (χ2n) is 6.56. The SMILES string of the molecule is O=C(O)c1ccncc1Cc1nn(C2CCOC2)c2c1CCCC2. The molecule has 0 radical (unpaired) electrons. The molecule has 1 unspecified atom stereocenters. The van der Waals surface area contributed by atoms with Crippen LogP contribution in [-0.4, -0.2) is 39.1 Å². The third kappa shape index (κ3) is 2.71. The number of rotatable bonds is 4. The Kier molecular flexibility index (Phi) is 4.06. The van der Waals surface area contributed by atoms with E-state index in [1.165, 1.54) is 30.3 Å². The fraction of sp³-hybridized carbons (Fsp3) is 0.500. The van der Waals surface area contributed by atoms with Crippen LogP contribution in [0.4, 0.5) is 0 Å². The number of hydrogen-bond donors (Lipinski definition) is 1. The number of pyridine rings is 1. The first-order valence-electron chi connectivity index (χ1n) is 8.57. The molecular formula is C18H21N3O3. The van der Waals surface area contributed by atoms with Crippen molar-refractivity contribution in [3.8, 4) is 0 Å². The Hall–Kier alpha value is -2.21. The van der Waals surface area contributed by atoms with E-state index in [9.17, 15) is 9.90 Å². The van der Waals surface area contributed by atoms with Crippen LogP contribution in [0.25, 0.3) is 0 Å². The van der Waals surface area contributed by atoms with Crippen LogP contribution in [0.15, 0.2) is 18.5 Å². The molecule has 2 aliphatic rings. The number of nitrogens with zero attached hydrogens (tertiary/aromatic N) is 3. The summed E-state index contributed by atoms with van der Waals surface area (Å²) in [6, 6.07) is 1.88. The highest BCUT2D eigenvalue weighted by atomic mass is 16.5. The summed E-state index contributed by atoms with van der Waals surface area (Å²) in [5.74, 6) is -0.912. The lowest BCUT2D eigenvalue weighted by molar-refractivity contribution is 0.0695. The number of hydrogen-bond acceptors (Lipinski definition) is 4. The zero-order chi connectivity index (χ0) is 16.5. The van der Waals surface area contributed by atoms with Crippen LogP contribution >= 0.6 is 0 Å². The molecule has 126 valence electrons. The zero-order valence-corrected chi connectivity index (χ0v) is 13.6. The van der Waals surface area contributed by atoms with Crippen molar-refractivity contribution in [2.75, 3.05) is 13.2 Å². The van der Waals surface area contributed by atoms with E-state index < -0.39 is 5.97 Å². The fourth-order valence-electron chi connectivity index (χ4n) is 3.82. The Bertz CT molecular complexity index is 763. The van der Waals surface area contributed by atoms with Crippen molar-refractivity contribution < 1.29 is 14.6 Å².